The molecule has 0 fully saturated rings. The molecule has 0 aliphatic rings. The Bertz CT molecular complexity index is 1070. The Morgan fingerprint density at radius 3 is 2.66 bits per heavy atom. The third-order valence-electron chi connectivity index (χ3n) is 4.61. The quantitative estimate of drug-likeness (QED) is 0.574. The zero-order valence-corrected chi connectivity index (χ0v) is 18.1. The predicted molar refractivity (Wildman–Crippen MR) is 116 cm³/mol. The second kappa shape index (κ2) is 8.61. The molecule has 2 aromatic heterocycles. The van der Waals surface area contributed by atoms with Gasteiger partial charge in [0.2, 0.25) is 5.91 Å². The number of carbonyl (C=O) groups excluding carboxylic acids is 2. The van der Waals surface area contributed by atoms with Crippen LogP contribution in [0.25, 0.3) is 11.4 Å². The van der Waals surface area contributed by atoms with E-state index in [1.165, 1.54) is 11.3 Å². The number of aromatic nitrogens is 2. The molecule has 0 atom stereocenters. The van der Waals surface area contributed by atoms with Gasteiger partial charge in [0.25, 0.3) is 0 Å². The smallest absolute Gasteiger partial charge is 0.340 e. The molecule has 152 valence electrons. The van der Waals surface area contributed by atoms with Gasteiger partial charge in [-0.1, -0.05) is 12.1 Å². The Morgan fingerprint density at radius 2 is 1.97 bits per heavy atom. The maximum Gasteiger partial charge on any atom is 0.340 e. The van der Waals surface area contributed by atoms with Crippen LogP contribution in [0.4, 0.5) is 5.69 Å². The molecule has 0 spiro atoms. The monoisotopic (exact) mass is 411 g/mol. The summed E-state index contributed by atoms with van der Waals surface area (Å²) in [6, 6.07) is 7.69. The molecule has 29 heavy (non-hydrogen) atoms. The van der Waals surface area contributed by atoms with Gasteiger partial charge in [-0.2, -0.15) is 0 Å². The standard InChI is InChI=1S/C22H25N3O3S/c1-6-28-22(27)19-13(3)20(23-14(19)4)21-15(5)29-18(25-21)11-17(26)24-16-9-7-8-12(2)10-16/h7-10,23H,6,11H2,1-5H3,(H,24,26). The molecular formula is C22H25N3O3S. The number of rotatable bonds is 6. The lowest BCUT2D eigenvalue weighted by atomic mass is 10.1. The van der Waals surface area contributed by atoms with Crippen LogP contribution in [0.2, 0.25) is 0 Å². The van der Waals surface area contributed by atoms with Gasteiger partial charge in [-0.15, -0.1) is 11.3 Å². The number of H-pyrrole nitrogens is 1. The van der Waals surface area contributed by atoms with E-state index in [0.29, 0.717) is 12.2 Å². The van der Waals surface area contributed by atoms with Crippen LogP contribution in [0, 0.1) is 27.7 Å². The molecule has 0 radical (unpaired) electrons. The fraction of sp³-hybridized carbons (Fsp3) is 0.318. The first-order chi connectivity index (χ1) is 13.8. The second-order valence-electron chi connectivity index (χ2n) is 6.95. The van der Waals surface area contributed by atoms with Crippen molar-refractivity contribution >= 4 is 28.9 Å². The number of hydrogen-bond donors (Lipinski definition) is 2. The minimum atomic E-state index is -0.337. The average molecular weight is 412 g/mol. The number of ether oxygens (including phenoxy) is 1. The van der Waals surface area contributed by atoms with Gasteiger partial charge in [0, 0.05) is 16.3 Å². The Kier molecular flexibility index (Phi) is 6.17. The topological polar surface area (TPSA) is 84.1 Å². The summed E-state index contributed by atoms with van der Waals surface area (Å²) >= 11 is 1.49. The molecule has 3 rings (SSSR count). The molecule has 7 heteroatoms. The lowest BCUT2D eigenvalue weighted by Gasteiger charge is -2.04. The van der Waals surface area contributed by atoms with Gasteiger partial charge in [-0.05, 0) is 57.9 Å². The van der Waals surface area contributed by atoms with Crippen LogP contribution in [0.15, 0.2) is 24.3 Å². The maximum atomic E-state index is 12.4. The highest BCUT2D eigenvalue weighted by atomic mass is 32.1. The number of amides is 1. The highest BCUT2D eigenvalue weighted by Gasteiger charge is 2.23. The van der Waals surface area contributed by atoms with E-state index in [1.54, 1.807) is 6.92 Å². The largest absolute Gasteiger partial charge is 0.462 e. The van der Waals surface area contributed by atoms with Gasteiger partial charge >= 0.3 is 5.97 Å². The molecule has 0 saturated carbocycles. The van der Waals surface area contributed by atoms with E-state index < -0.39 is 0 Å². The number of esters is 1. The number of aromatic amines is 1. The van der Waals surface area contributed by atoms with Crippen molar-refractivity contribution in [2.45, 2.75) is 41.0 Å². The minimum Gasteiger partial charge on any atom is -0.462 e. The molecular weight excluding hydrogens is 386 g/mol. The predicted octanol–water partition coefficient (Wildman–Crippen LogP) is 4.73. The lowest BCUT2D eigenvalue weighted by Crippen LogP contribution is -2.14. The Balaban J connectivity index is 1.81. The third kappa shape index (κ3) is 4.56. The summed E-state index contributed by atoms with van der Waals surface area (Å²) in [5.74, 6) is -0.446. The van der Waals surface area contributed by atoms with Crippen LogP contribution >= 0.6 is 11.3 Å². The van der Waals surface area contributed by atoms with Crippen LogP contribution in [-0.4, -0.2) is 28.5 Å². The van der Waals surface area contributed by atoms with E-state index in [4.69, 9.17) is 4.74 Å². The van der Waals surface area contributed by atoms with E-state index in [0.717, 1.165) is 43.8 Å². The minimum absolute atomic E-state index is 0.109. The Hall–Kier alpha value is -2.93. The molecule has 0 saturated heterocycles. The number of aryl methyl sites for hydroxylation is 3. The Morgan fingerprint density at radius 1 is 1.21 bits per heavy atom. The number of benzene rings is 1. The SMILES string of the molecule is CCOC(=O)c1c(C)[nH]c(-c2nc(CC(=O)Nc3cccc(C)c3)sc2C)c1C. The molecule has 2 heterocycles. The van der Waals surface area contributed by atoms with Crippen LogP contribution in [0.1, 0.15) is 44.0 Å². The van der Waals surface area contributed by atoms with Crippen molar-refractivity contribution in [2.75, 3.05) is 11.9 Å². The summed E-state index contributed by atoms with van der Waals surface area (Å²) in [6.45, 7) is 9.80. The summed E-state index contributed by atoms with van der Waals surface area (Å²) in [5.41, 5.74) is 5.54. The summed E-state index contributed by atoms with van der Waals surface area (Å²) in [5, 5.41) is 3.64. The van der Waals surface area contributed by atoms with Crippen molar-refractivity contribution in [1.82, 2.24) is 9.97 Å². The second-order valence-corrected chi connectivity index (χ2v) is 8.24. The van der Waals surface area contributed by atoms with Gasteiger partial charge in [0.1, 0.15) is 10.7 Å². The van der Waals surface area contributed by atoms with Crippen LogP contribution < -0.4 is 5.32 Å². The van der Waals surface area contributed by atoms with Crippen LogP contribution in [-0.2, 0) is 16.0 Å². The Labute approximate surface area is 174 Å². The van der Waals surface area contributed by atoms with Crippen LogP contribution in [0.5, 0.6) is 0 Å². The molecule has 1 aromatic carbocycles. The third-order valence-corrected chi connectivity index (χ3v) is 5.58. The number of thiazole rings is 1. The zero-order valence-electron chi connectivity index (χ0n) is 17.3. The number of hydrogen-bond acceptors (Lipinski definition) is 5. The van der Waals surface area contributed by atoms with Crippen molar-refractivity contribution < 1.29 is 14.3 Å². The van der Waals surface area contributed by atoms with Gasteiger partial charge in [0.05, 0.1) is 24.3 Å². The zero-order chi connectivity index (χ0) is 21.1. The molecule has 1 amide bonds. The van der Waals surface area contributed by atoms with Crippen LogP contribution in [0.3, 0.4) is 0 Å². The first-order valence-electron chi connectivity index (χ1n) is 9.49. The van der Waals surface area contributed by atoms with Gasteiger partial charge < -0.3 is 15.0 Å². The van der Waals surface area contributed by atoms with Gasteiger partial charge in [0.15, 0.2) is 0 Å². The summed E-state index contributed by atoms with van der Waals surface area (Å²) in [6.07, 6.45) is 0.197. The highest BCUT2D eigenvalue weighted by molar-refractivity contribution is 7.12. The van der Waals surface area contributed by atoms with Gasteiger partial charge in [-0.25, -0.2) is 9.78 Å². The number of anilines is 1. The number of carbonyl (C=O) groups is 2. The molecule has 0 aliphatic heterocycles. The maximum absolute atomic E-state index is 12.4. The first-order valence-corrected chi connectivity index (χ1v) is 10.3. The van der Waals surface area contributed by atoms with Crippen molar-refractivity contribution in [1.29, 1.82) is 0 Å². The van der Waals surface area contributed by atoms with Crippen molar-refractivity contribution in [3.63, 3.8) is 0 Å². The van der Waals surface area contributed by atoms with Gasteiger partial charge in [-0.3, -0.25) is 4.79 Å². The molecule has 6 nitrogen and oxygen atoms in total. The van der Waals surface area contributed by atoms with E-state index in [-0.39, 0.29) is 18.3 Å². The molecule has 0 bridgehead atoms. The summed E-state index contributed by atoms with van der Waals surface area (Å²) in [7, 11) is 0. The molecule has 0 unspecified atom stereocenters. The van der Waals surface area contributed by atoms with Crippen molar-refractivity contribution in [3.8, 4) is 11.4 Å². The average Bonchev–Trinajstić information content (AvgIpc) is 3.13. The first kappa shape index (κ1) is 20.8. The lowest BCUT2D eigenvalue weighted by molar-refractivity contribution is -0.115. The van der Waals surface area contributed by atoms with E-state index in [2.05, 4.69) is 15.3 Å². The summed E-state index contributed by atoms with van der Waals surface area (Å²) < 4.78 is 5.16. The number of nitrogens with zero attached hydrogens (tertiary/aromatic N) is 1. The number of nitrogens with one attached hydrogen (secondary N) is 2. The van der Waals surface area contributed by atoms with E-state index in [9.17, 15) is 9.59 Å². The normalized spacial score (nSPS) is 10.8. The van der Waals surface area contributed by atoms with Crippen molar-refractivity contribution in [3.05, 3.63) is 56.5 Å². The molecule has 2 N–H and O–H groups in total. The van der Waals surface area contributed by atoms with E-state index >= 15 is 0 Å². The fourth-order valence-electron chi connectivity index (χ4n) is 3.32. The highest BCUT2D eigenvalue weighted by Crippen LogP contribution is 2.32. The summed E-state index contributed by atoms with van der Waals surface area (Å²) in [4.78, 5) is 33.6. The van der Waals surface area contributed by atoms with E-state index in [1.807, 2.05) is 52.0 Å². The molecule has 0 aliphatic carbocycles. The van der Waals surface area contributed by atoms with Crippen molar-refractivity contribution in [2.24, 2.45) is 0 Å². The molecule has 3 aromatic rings. The fourth-order valence-corrected chi connectivity index (χ4v) is 4.26.